The third-order valence-corrected chi connectivity index (χ3v) is 4.21. The quantitative estimate of drug-likeness (QED) is 0.312. The van der Waals surface area contributed by atoms with E-state index in [-0.39, 0.29) is 38.9 Å². The number of esters is 2. The summed E-state index contributed by atoms with van der Waals surface area (Å²) in [4.78, 5) is 44.5. The number of hydrogen-bond acceptors (Lipinski definition) is 8. The summed E-state index contributed by atoms with van der Waals surface area (Å²) in [7, 11) is 0. The standard InChI is InChI=1S/C14H24N2O8/c1-5-23-11(17)7-9-13(3,15(19)20)14(4,16(21)22)10-8-12(18)24-6-2/h5-10H2,1-4H3. The molecule has 10 heteroatoms. The summed E-state index contributed by atoms with van der Waals surface area (Å²) in [6, 6.07) is 0. The van der Waals surface area contributed by atoms with E-state index in [9.17, 15) is 29.8 Å². The summed E-state index contributed by atoms with van der Waals surface area (Å²) < 4.78 is 9.43. The minimum absolute atomic E-state index is 0.114. The molecule has 0 aliphatic rings. The smallest absolute Gasteiger partial charge is 0.306 e. The van der Waals surface area contributed by atoms with Crippen LogP contribution in [-0.4, -0.2) is 46.1 Å². The minimum atomic E-state index is -2.05. The highest BCUT2D eigenvalue weighted by Crippen LogP contribution is 2.36. The molecule has 0 amide bonds. The number of nitrogens with zero attached hydrogens (tertiary/aromatic N) is 2. The van der Waals surface area contributed by atoms with Gasteiger partial charge in [-0.15, -0.1) is 0 Å². The van der Waals surface area contributed by atoms with Gasteiger partial charge in [0.1, 0.15) is 0 Å². The van der Waals surface area contributed by atoms with Crippen LogP contribution in [-0.2, 0) is 19.1 Å². The first-order chi connectivity index (χ1) is 11.0. The van der Waals surface area contributed by atoms with Crippen molar-refractivity contribution < 1.29 is 28.9 Å². The van der Waals surface area contributed by atoms with E-state index < -0.39 is 32.9 Å². The zero-order valence-electron chi connectivity index (χ0n) is 14.4. The lowest BCUT2D eigenvalue weighted by Crippen LogP contribution is -2.60. The van der Waals surface area contributed by atoms with Gasteiger partial charge in [0.15, 0.2) is 0 Å². The molecule has 24 heavy (non-hydrogen) atoms. The zero-order valence-corrected chi connectivity index (χ0v) is 14.4. The van der Waals surface area contributed by atoms with Crippen molar-refractivity contribution in [2.45, 2.75) is 64.5 Å². The third-order valence-electron chi connectivity index (χ3n) is 4.21. The third kappa shape index (κ3) is 5.14. The predicted molar refractivity (Wildman–Crippen MR) is 82.5 cm³/mol. The van der Waals surface area contributed by atoms with Crippen LogP contribution in [0.2, 0.25) is 0 Å². The van der Waals surface area contributed by atoms with Crippen LogP contribution in [0.4, 0.5) is 0 Å². The van der Waals surface area contributed by atoms with Gasteiger partial charge in [0, 0.05) is 36.5 Å². The maximum absolute atomic E-state index is 11.5. The van der Waals surface area contributed by atoms with Crippen molar-refractivity contribution in [1.29, 1.82) is 0 Å². The summed E-state index contributed by atoms with van der Waals surface area (Å²) in [5.41, 5.74) is -4.09. The van der Waals surface area contributed by atoms with Gasteiger partial charge in [-0.05, 0) is 13.8 Å². The lowest BCUT2D eigenvalue weighted by Gasteiger charge is -2.32. The molecule has 0 saturated carbocycles. The molecule has 0 aromatic rings. The first-order valence-electron chi connectivity index (χ1n) is 7.65. The number of nitro groups is 2. The van der Waals surface area contributed by atoms with Crippen LogP contribution >= 0.6 is 0 Å². The molecule has 0 saturated heterocycles. The van der Waals surface area contributed by atoms with E-state index in [0.29, 0.717) is 0 Å². The van der Waals surface area contributed by atoms with Crippen molar-refractivity contribution >= 4 is 11.9 Å². The van der Waals surface area contributed by atoms with Crippen LogP contribution in [0.25, 0.3) is 0 Å². The van der Waals surface area contributed by atoms with Crippen molar-refractivity contribution in [3.05, 3.63) is 20.2 Å². The van der Waals surface area contributed by atoms with Gasteiger partial charge in [-0.2, -0.15) is 0 Å². The van der Waals surface area contributed by atoms with Gasteiger partial charge in [0.25, 0.3) is 11.1 Å². The Hall–Kier alpha value is -2.26. The number of ether oxygens (including phenoxy) is 2. The van der Waals surface area contributed by atoms with Gasteiger partial charge in [0.05, 0.1) is 26.1 Å². The fourth-order valence-corrected chi connectivity index (χ4v) is 2.27. The van der Waals surface area contributed by atoms with Crippen molar-refractivity contribution in [2.24, 2.45) is 0 Å². The van der Waals surface area contributed by atoms with Crippen LogP contribution in [0.5, 0.6) is 0 Å². The normalized spacial score (nSPS) is 15.7. The van der Waals surface area contributed by atoms with E-state index in [1.807, 2.05) is 0 Å². The second-order valence-electron chi connectivity index (χ2n) is 5.67. The minimum Gasteiger partial charge on any atom is -0.466 e. The Morgan fingerprint density at radius 2 is 1.12 bits per heavy atom. The second kappa shape index (κ2) is 9.14. The molecular formula is C14H24N2O8. The SMILES string of the molecule is CCOC(=O)CCC(C)([N+](=O)[O-])C(C)(CCC(=O)OCC)[N+](=O)[O-]. The molecule has 138 valence electrons. The van der Waals surface area contributed by atoms with Crippen LogP contribution < -0.4 is 0 Å². The molecule has 0 spiro atoms. The Kier molecular flexibility index (Phi) is 8.28. The zero-order chi connectivity index (χ0) is 19.0. The summed E-state index contributed by atoms with van der Waals surface area (Å²) in [5.74, 6) is -1.33. The summed E-state index contributed by atoms with van der Waals surface area (Å²) >= 11 is 0. The molecule has 0 bridgehead atoms. The van der Waals surface area contributed by atoms with Gasteiger partial charge >= 0.3 is 11.9 Å². The van der Waals surface area contributed by atoms with Crippen molar-refractivity contribution in [3.8, 4) is 0 Å². The van der Waals surface area contributed by atoms with E-state index in [2.05, 4.69) is 0 Å². The fourth-order valence-electron chi connectivity index (χ4n) is 2.27. The van der Waals surface area contributed by atoms with E-state index >= 15 is 0 Å². The molecule has 0 aromatic carbocycles. The fraction of sp³-hybridized carbons (Fsp3) is 0.857. The number of carbonyl (C=O) groups is 2. The molecule has 10 nitrogen and oxygen atoms in total. The van der Waals surface area contributed by atoms with Crippen LogP contribution in [0.3, 0.4) is 0 Å². The molecule has 2 atom stereocenters. The van der Waals surface area contributed by atoms with E-state index in [4.69, 9.17) is 9.47 Å². The Morgan fingerprint density at radius 3 is 1.33 bits per heavy atom. The van der Waals surface area contributed by atoms with Crippen molar-refractivity contribution in [1.82, 2.24) is 0 Å². The molecule has 2 unspecified atom stereocenters. The van der Waals surface area contributed by atoms with Gasteiger partial charge in [-0.1, -0.05) is 0 Å². The second-order valence-corrected chi connectivity index (χ2v) is 5.67. The lowest BCUT2D eigenvalue weighted by molar-refractivity contribution is -0.681. The largest absolute Gasteiger partial charge is 0.466 e. The summed E-state index contributed by atoms with van der Waals surface area (Å²) in [5, 5.41) is 23.1. The van der Waals surface area contributed by atoms with Gasteiger partial charge in [0.2, 0.25) is 0 Å². The lowest BCUT2D eigenvalue weighted by atomic mass is 9.74. The first kappa shape index (κ1) is 21.7. The predicted octanol–water partition coefficient (Wildman–Crippen LogP) is 1.74. The van der Waals surface area contributed by atoms with Crippen molar-refractivity contribution in [2.75, 3.05) is 13.2 Å². The average Bonchev–Trinajstić information content (AvgIpc) is 2.50. The van der Waals surface area contributed by atoms with Crippen LogP contribution in [0.1, 0.15) is 53.4 Å². The molecule has 0 aliphatic heterocycles. The average molecular weight is 348 g/mol. The van der Waals surface area contributed by atoms with Crippen LogP contribution in [0, 0.1) is 20.2 Å². The molecular weight excluding hydrogens is 324 g/mol. The van der Waals surface area contributed by atoms with Gasteiger partial charge in [-0.25, -0.2) is 0 Å². The Bertz CT molecular complexity index is 451. The van der Waals surface area contributed by atoms with Crippen LogP contribution in [0.15, 0.2) is 0 Å². The molecule has 0 fully saturated rings. The van der Waals surface area contributed by atoms with Gasteiger partial charge < -0.3 is 9.47 Å². The Morgan fingerprint density at radius 1 is 0.833 bits per heavy atom. The molecule has 0 radical (unpaired) electrons. The Labute approximate surface area is 139 Å². The molecule has 0 aromatic heterocycles. The highest BCUT2D eigenvalue weighted by molar-refractivity contribution is 5.70. The van der Waals surface area contributed by atoms with E-state index in [1.165, 1.54) is 0 Å². The van der Waals surface area contributed by atoms with E-state index in [0.717, 1.165) is 13.8 Å². The maximum Gasteiger partial charge on any atom is 0.306 e. The molecule has 0 heterocycles. The summed E-state index contributed by atoms with van der Waals surface area (Å²) in [6.07, 6.45) is -1.40. The number of carbonyl (C=O) groups excluding carboxylic acids is 2. The molecule has 0 N–H and O–H groups in total. The first-order valence-corrected chi connectivity index (χ1v) is 7.65. The maximum atomic E-state index is 11.5. The molecule has 0 rings (SSSR count). The molecule has 0 aliphatic carbocycles. The van der Waals surface area contributed by atoms with E-state index in [1.54, 1.807) is 13.8 Å². The van der Waals surface area contributed by atoms with Gasteiger partial charge in [-0.3, -0.25) is 29.8 Å². The number of hydrogen-bond donors (Lipinski definition) is 0. The highest BCUT2D eigenvalue weighted by Gasteiger charge is 2.64. The Balaban J connectivity index is 5.40. The topological polar surface area (TPSA) is 139 Å². The highest BCUT2D eigenvalue weighted by atomic mass is 16.7. The van der Waals surface area contributed by atoms with Crippen molar-refractivity contribution in [3.63, 3.8) is 0 Å². The monoisotopic (exact) mass is 348 g/mol. The summed E-state index contributed by atoms with van der Waals surface area (Å²) in [6.45, 7) is 5.63. The number of rotatable bonds is 11.